The van der Waals surface area contributed by atoms with Crippen LogP contribution in [0.3, 0.4) is 0 Å². The SMILES string of the molecule is CC(Oc1cccc(C(C)C)c1)C(=O)NC(C)c1ccc(OCC(=O)O)cc1. The summed E-state index contributed by atoms with van der Waals surface area (Å²) in [6.45, 7) is 7.41. The Balaban J connectivity index is 1.92. The molecule has 6 heteroatoms. The number of amides is 1. The zero-order valence-corrected chi connectivity index (χ0v) is 16.6. The van der Waals surface area contributed by atoms with Gasteiger partial charge in [0.1, 0.15) is 11.5 Å². The lowest BCUT2D eigenvalue weighted by Gasteiger charge is -2.20. The van der Waals surface area contributed by atoms with Crippen molar-refractivity contribution in [3.8, 4) is 11.5 Å². The molecule has 0 heterocycles. The summed E-state index contributed by atoms with van der Waals surface area (Å²) in [4.78, 5) is 23.0. The van der Waals surface area contributed by atoms with Crippen molar-refractivity contribution in [2.75, 3.05) is 6.61 Å². The first-order valence-electron chi connectivity index (χ1n) is 9.27. The van der Waals surface area contributed by atoms with Gasteiger partial charge in [-0.05, 0) is 55.2 Å². The van der Waals surface area contributed by atoms with Crippen molar-refractivity contribution < 1.29 is 24.2 Å². The van der Waals surface area contributed by atoms with E-state index in [1.165, 1.54) is 0 Å². The summed E-state index contributed by atoms with van der Waals surface area (Å²) >= 11 is 0. The van der Waals surface area contributed by atoms with Gasteiger partial charge in [0.25, 0.3) is 5.91 Å². The van der Waals surface area contributed by atoms with Gasteiger partial charge in [0, 0.05) is 0 Å². The maximum atomic E-state index is 12.5. The number of carboxylic acids is 1. The standard InChI is InChI=1S/C22H27NO5/c1-14(2)18-6-5-7-20(12-18)28-16(4)22(26)23-15(3)17-8-10-19(11-9-17)27-13-21(24)25/h5-12,14-16H,13H2,1-4H3,(H,23,26)(H,24,25). The molecule has 6 nitrogen and oxygen atoms in total. The number of hydrogen-bond acceptors (Lipinski definition) is 4. The fourth-order valence-electron chi connectivity index (χ4n) is 2.62. The molecular formula is C22H27NO5. The zero-order chi connectivity index (χ0) is 20.7. The second kappa shape index (κ2) is 9.78. The van der Waals surface area contributed by atoms with Gasteiger partial charge < -0.3 is 19.9 Å². The van der Waals surface area contributed by atoms with E-state index in [9.17, 15) is 9.59 Å². The quantitative estimate of drug-likeness (QED) is 0.683. The van der Waals surface area contributed by atoms with E-state index >= 15 is 0 Å². The van der Waals surface area contributed by atoms with Crippen LogP contribution in [0, 0.1) is 0 Å². The number of carbonyl (C=O) groups excluding carboxylic acids is 1. The van der Waals surface area contributed by atoms with Gasteiger partial charge in [-0.3, -0.25) is 4.79 Å². The number of nitrogens with one attached hydrogen (secondary N) is 1. The van der Waals surface area contributed by atoms with Crippen molar-refractivity contribution in [2.45, 2.75) is 45.8 Å². The average Bonchev–Trinajstić information content (AvgIpc) is 2.66. The Morgan fingerprint density at radius 1 is 0.964 bits per heavy atom. The van der Waals surface area contributed by atoms with Crippen molar-refractivity contribution in [2.24, 2.45) is 0 Å². The second-order valence-electron chi connectivity index (χ2n) is 6.97. The molecule has 2 unspecified atom stereocenters. The van der Waals surface area contributed by atoms with Crippen LogP contribution in [0.2, 0.25) is 0 Å². The monoisotopic (exact) mass is 385 g/mol. The number of carboxylic acid groups (broad SMARTS) is 1. The molecule has 0 fully saturated rings. The first-order chi connectivity index (χ1) is 13.3. The Hall–Kier alpha value is -3.02. The third-order valence-corrected chi connectivity index (χ3v) is 4.31. The molecule has 1 amide bonds. The molecule has 0 aliphatic rings. The fraction of sp³-hybridized carbons (Fsp3) is 0.364. The molecule has 150 valence electrons. The first-order valence-corrected chi connectivity index (χ1v) is 9.27. The molecule has 0 saturated heterocycles. The molecule has 2 atom stereocenters. The summed E-state index contributed by atoms with van der Waals surface area (Å²) in [6, 6.07) is 14.5. The zero-order valence-electron chi connectivity index (χ0n) is 16.6. The summed E-state index contributed by atoms with van der Waals surface area (Å²) in [5.74, 6) is 0.272. The lowest BCUT2D eigenvalue weighted by molar-refractivity contribution is -0.139. The van der Waals surface area contributed by atoms with Gasteiger partial charge in [0.15, 0.2) is 12.7 Å². The molecule has 0 radical (unpaired) electrons. The second-order valence-corrected chi connectivity index (χ2v) is 6.97. The van der Waals surface area contributed by atoms with Crippen LogP contribution in [0.4, 0.5) is 0 Å². The molecule has 0 aliphatic carbocycles. The van der Waals surface area contributed by atoms with Gasteiger partial charge in [0.2, 0.25) is 0 Å². The highest BCUT2D eigenvalue weighted by Crippen LogP contribution is 2.22. The Labute approximate surface area is 165 Å². The predicted molar refractivity (Wildman–Crippen MR) is 107 cm³/mol. The number of carbonyl (C=O) groups is 2. The van der Waals surface area contributed by atoms with Crippen LogP contribution in [0.15, 0.2) is 48.5 Å². The molecule has 2 N–H and O–H groups in total. The normalized spacial score (nSPS) is 12.9. The third-order valence-electron chi connectivity index (χ3n) is 4.31. The van der Waals surface area contributed by atoms with E-state index in [4.69, 9.17) is 14.6 Å². The van der Waals surface area contributed by atoms with Gasteiger partial charge >= 0.3 is 5.97 Å². The fourth-order valence-corrected chi connectivity index (χ4v) is 2.62. The Morgan fingerprint density at radius 2 is 1.64 bits per heavy atom. The highest BCUT2D eigenvalue weighted by molar-refractivity contribution is 5.81. The van der Waals surface area contributed by atoms with E-state index < -0.39 is 18.7 Å². The summed E-state index contributed by atoms with van der Waals surface area (Å²) < 4.78 is 10.9. The molecule has 0 spiro atoms. The smallest absolute Gasteiger partial charge is 0.341 e. The van der Waals surface area contributed by atoms with E-state index in [0.29, 0.717) is 17.4 Å². The van der Waals surface area contributed by atoms with Crippen molar-refractivity contribution in [3.63, 3.8) is 0 Å². The summed E-state index contributed by atoms with van der Waals surface area (Å²) in [7, 11) is 0. The van der Waals surface area contributed by atoms with Gasteiger partial charge in [-0.1, -0.05) is 38.1 Å². The lowest BCUT2D eigenvalue weighted by Crippen LogP contribution is -2.37. The maximum absolute atomic E-state index is 12.5. The van der Waals surface area contributed by atoms with E-state index in [2.05, 4.69) is 19.2 Å². The number of aliphatic carboxylic acids is 1. The Bertz CT molecular complexity index is 801. The van der Waals surface area contributed by atoms with Crippen LogP contribution >= 0.6 is 0 Å². The summed E-state index contributed by atoms with van der Waals surface area (Å²) in [6.07, 6.45) is -0.636. The highest BCUT2D eigenvalue weighted by atomic mass is 16.5. The first kappa shape index (κ1) is 21.3. The molecule has 28 heavy (non-hydrogen) atoms. The summed E-state index contributed by atoms with van der Waals surface area (Å²) in [5, 5.41) is 11.6. The van der Waals surface area contributed by atoms with E-state index in [-0.39, 0.29) is 11.9 Å². The van der Waals surface area contributed by atoms with Crippen LogP contribution in [0.5, 0.6) is 11.5 Å². The van der Waals surface area contributed by atoms with Crippen LogP contribution in [0.1, 0.15) is 50.8 Å². The number of benzene rings is 2. The summed E-state index contributed by atoms with van der Waals surface area (Å²) in [5.41, 5.74) is 2.04. The average molecular weight is 385 g/mol. The predicted octanol–water partition coefficient (Wildman–Crippen LogP) is 3.92. The highest BCUT2D eigenvalue weighted by Gasteiger charge is 2.18. The number of ether oxygens (including phenoxy) is 2. The van der Waals surface area contributed by atoms with Crippen LogP contribution in [-0.4, -0.2) is 29.7 Å². The van der Waals surface area contributed by atoms with E-state index in [1.54, 1.807) is 31.2 Å². The molecular weight excluding hydrogens is 358 g/mol. The molecule has 0 aliphatic heterocycles. The van der Waals surface area contributed by atoms with Crippen LogP contribution in [0.25, 0.3) is 0 Å². The van der Waals surface area contributed by atoms with Crippen molar-refractivity contribution in [1.82, 2.24) is 5.32 Å². The van der Waals surface area contributed by atoms with E-state index in [0.717, 1.165) is 11.1 Å². The van der Waals surface area contributed by atoms with Crippen LogP contribution in [-0.2, 0) is 9.59 Å². The Kier molecular flexibility index (Phi) is 7.44. The number of hydrogen-bond donors (Lipinski definition) is 2. The number of rotatable bonds is 9. The van der Waals surface area contributed by atoms with Crippen molar-refractivity contribution in [1.29, 1.82) is 0 Å². The minimum atomic E-state index is -1.03. The molecule has 2 rings (SSSR count). The minimum Gasteiger partial charge on any atom is -0.482 e. The lowest BCUT2D eigenvalue weighted by atomic mass is 10.0. The third kappa shape index (κ3) is 6.30. The van der Waals surface area contributed by atoms with Gasteiger partial charge in [-0.2, -0.15) is 0 Å². The van der Waals surface area contributed by atoms with Crippen LogP contribution < -0.4 is 14.8 Å². The Morgan fingerprint density at radius 3 is 2.25 bits per heavy atom. The van der Waals surface area contributed by atoms with Gasteiger partial charge in [0.05, 0.1) is 6.04 Å². The van der Waals surface area contributed by atoms with Crippen molar-refractivity contribution in [3.05, 3.63) is 59.7 Å². The van der Waals surface area contributed by atoms with E-state index in [1.807, 2.05) is 31.2 Å². The molecule has 2 aromatic rings. The molecule has 0 saturated carbocycles. The topological polar surface area (TPSA) is 84.9 Å². The minimum absolute atomic E-state index is 0.214. The van der Waals surface area contributed by atoms with Gasteiger partial charge in [-0.15, -0.1) is 0 Å². The van der Waals surface area contributed by atoms with Crippen molar-refractivity contribution >= 4 is 11.9 Å². The van der Waals surface area contributed by atoms with Gasteiger partial charge in [-0.25, -0.2) is 4.79 Å². The molecule has 0 bridgehead atoms. The molecule has 2 aromatic carbocycles. The molecule has 0 aromatic heterocycles. The largest absolute Gasteiger partial charge is 0.482 e. The maximum Gasteiger partial charge on any atom is 0.341 e.